The van der Waals surface area contributed by atoms with Gasteiger partial charge >= 0.3 is 0 Å². The van der Waals surface area contributed by atoms with Gasteiger partial charge in [-0.1, -0.05) is 43.7 Å². The fourth-order valence-corrected chi connectivity index (χ4v) is 3.17. The van der Waals surface area contributed by atoms with Crippen molar-refractivity contribution in [1.29, 1.82) is 0 Å². The summed E-state index contributed by atoms with van der Waals surface area (Å²) in [5, 5.41) is 12.6. The Kier molecular flexibility index (Phi) is 5.68. The summed E-state index contributed by atoms with van der Waals surface area (Å²) in [5.41, 5.74) is 7.63. The fourth-order valence-electron chi connectivity index (χ4n) is 3.17. The zero-order valence-electron chi connectivity index (χ0n) is 14.8. The second-order valence-corrected chi connectivity index (χ2v) is 6.36. The Morgan fingerprint density at radius 1 is 1.23 bits per heavy atom. The predicted octanol–water partition coefficient (Wildman–Crippen LogP) is 3.16. The van der Waals surface area contributed by atoms with E-state index in [1.807, 2.05) is 30.3 Å². The number of aliphatic hydroxyl groups excluding tert-OH is 1. The lowest BCUT2D eigenvalue weighted by atomic mass is 10.1. The smallest absolute Gasteiger partial charge is 0.222 e. The van der Waals surface area contributed by atoms with Crippen LogP contribution in [0, 0.1) is 5.82 Å². The number of hydrogen-bond acceptors (Lipinski definition) is 5. The molecule has 0 bridgehead atoms. The first-order valence-electron chi connectivity index (χ1n) is 8.85. The summed E-state index contributed by atoms with van der Waals surface area (Å²) in [4.78, 5) is 8.39. The van der Waals surface area contributed by atoms with E-state index in [2.05, 4.69) is 22.2 Å². The van der Waals surface area contributed by atoms with Gasteiger partial charge in [0, 0.05) is 25.4 Å². The van der Waals surface area contributed by atoms with E-state index in [-0.39, 0.29) is 24.1 Å². The maximum absolute atomic E-state index is 14.5. The van der Waals surface area contributed by atoms with Crippen LogP contribution in [0.5, 0.6) is 0 Å². The van der Waals surface area contributed by atoms with Crippen LogP contribution in [0.3, 0.4) is 0 Å². The van der Waals surface area contributed by atoms with Gasteiger partial charge in [-0.2, -0.15) is 4.98 Å². The topological polar surface area (TPSA) is 89.0 Å². The first kappa shape index (κ1) is 18.1. The third-order valence-electron chi connectivity index (χ3n) is 4.34. The van der Waals surface area contributed by atoms with Crippen LogP contribution in [0.25, 0.3) is 11.0 Å². The number of benzene rings is 1. The summed E-state index contributed by atoms with van der Waals surface area (Å²) >= 11 is 0. The van der Waals surface area contributed by atoms with Gasteiger partial charge in [0.1, 0.15) is 11.0 Å². The zero-order valence-corrected chi connectivity index (χ0v) is 14.8. The highest BCUT2D eigenvalue weighted by Crippen LogP contribution is 2.27. The largest absolute Gasteiger partial charge is 0.396 e. The molecule has 6 nitrogen and oxygen atoms in total. The molecule has 2 aromatic heterocycles. The van der Waals surface area contributed by atoms with Gasteiger partial charge in [0.2, 0.25) is 5.95 Å². The standard InChI is InChI=1S/C19H24FN5O/c1-2-6-14(9-10-26)22-18-17-16(23-19(21)24-18)15(20)12-25(17)11-13-7-4-3-5-8-13/h3-5,7-8,12,14,26H,2,6,9-11H2,1H3,(H3,21,22,23,24). The molecule has 3 aromatic rings. The Morgan fingerprint density at radius 3 is 2.69 bits per heavy atom. The molecule has 1 aromatic carbocycles. The average molecular weight is 357 g/mol. The third-order valence-corrected chi connectivity index (χ3v) is 4.34. The van der Waals surface area contributed by atoms with E-state index in [1.54, 1.807) is 4.57 Å². The molecule has 0 saturated carbocycles. The van der Waals surface area contributed by atoms with Gasteiger partial charge in [0.15, 0.2) is 11.6 Å². The number of nitrogens with two attached hydrogens (primary N) is 1. The summed E-state index contributed by atoms with van der Waals surface area (Å²) in [5.74, 6) is 0.0946. The maximum atomic E-state index is 14.5. The number of nitrogens with one attached hydrogen (secondary N) is 1. The Hall–Kier alpha value is -2.67. The highest BCUT2D eigenvalue weighted by atomic mass is 19.1. The van der Waals surface area contributed by atoms with Crippen molar-refractivity contribution in [2.45, 2.75) is 38.8 Å². The van der Waals surface area contributed by atoms with Crippen LogP contribution in [-0.2, 0) is 6.54 Å². The van der Waals surface area contributed by atoms with Crippen LogP contribution < -0.4 is 11.1 Å². The molecular formula is C19H24FN5O. The lowest BCUT2D eigenvalue weighted by Crippen LogP contribution is -2.22. The van der Waals surface area contributed by atoms with Gasteiger partial charge in [0.05, 0.1) is 0 Å². The molecular weight excluding hydrogens is 333 g/mol. The Bertz CT molecular complexity index is 859. The number of rotatable bonds is 8. The molecule has 26 heavy (non-hydrogen) atoms. The minimum absolute atomic E-state index is 0.0237. The number of nitrogens with zero attached hydrogens (tertiary/aromatic N) is 3. The number of halogens is 1. The van der Waals surface area contributed by atoms with E-state index >= 15 is 0 Å². The number of nitrogen functional groups attached to an aromatic ring is 1. The first-order chi connectivity index (χ1) is 12.6. The number of fused-ring (bicyclic) bond motifs is 1. The van der Waals surface area contributed by atoms with E-state index in [0.717, 1.165) is 18.4 Å². The third kappa shape index (κ3) is 3.94. The van der Waals surface area contributed by atoms with Crippen LogP contribution in [0.1, 0.15) is 31.7 Å². The van der Waals surface area contributed by atoms with E-state index in [9.17, 15) is 9.50 Å². The molecule has 0 amide bonds. The van der Waals surface area contributed by atoms with Gasteiger partial charge in [0.25, 0.3) is 0 Å². The monoisotopic (exact) mass is 357 g/mol. The zero-order chi connectivity index (χ0) is 18.5. The van der Waals surface area contributed by atoms with Crippen LogP contribution in [0.2, 0.25) is 0 Å². The summed E-state index contributed by atoms with van der Waals surface area (Å²) < 4.78 is 16.3. The molecule has 0 radical (unpaired) electrons. The van der Waals surface area contributed by atoms with Crippen LogP contribution in [0.4, 0.5) is 16.2 Å². The quantitative estimate of drug-likeness (QED) is 0.576. The van der Waals surface area contributed by atoms with Crippen molar-refractivity contribution in [3.63, 3.8) is 0 Å². The lowest BCUT2D eigenvalue weighted by Gasteiger charge is -2.19. The number of anilines is 2. The molecule has 0 aliphatic carbocycles. The lowest BCUT2D eigenvalue weighted by molar-refractivity contribution is 0.276. The van der Waals surface area contributed by atoms with Gasteiger partial charge in [-0.3, -0.25) is 0 Å². The second kappa shape index (κ2) is 8.14. The minimum atomic E-state index is -0.428. The summed E-state index contributed by atoms with van der Waals surface area (Å²) in [6.45, 7) is 2.65. The molecule has 0 aliphatic rings. The van der Waals surface area contributed by atoms with E-state index in [1.165, 1.54) is 6.20 Å². The van der Waals surface area contributed by atoms with Crippen molar-refractivity contribution >= 4 is 22.8 Å². The molecule has 1 unspecified atom stereocenters. The van der Waals surface area contributed by atoms with Gasteiger partial charge in [-0.15, -0.1) is 0 Å². The average Bonchev–Trinajstić information content (AvgIpc) is 2.92. The molecule has 138 valence electrons. The number of hydrogen-bond donors (Lipinski definition) is 3. The molecule has 0 spiro atoms. The Labute approximate surface area is 151 Å². The summed E-state index contributed by atoms with van der Waals surface area (Å²) in [6.07, 6.45) is 3.84. The fraction of sp³-hybridized carbons (Fsp3) is 0.368. The predicted molar refractivity (Wildman–Crippen MR) is 101 cm³/mol. The van der Waals surface area contributed by atoms with Crippen LogP contribution >= 0.6 is 0 Å². The number of aliphatic hydroxyl groups is 1. The van der Waals surface area contributed by atoms with Crippen LogP contribution in [0.15, 0.2) is 36.5 Å². The molecule has 2 heterocycles. The van der Waals surface area contributed by atoms with E-state index in [0.29, 0.717) is 24.3 Å². The van der Waals surface area contributed by atoms with Crippen molar-refractivity contribution in [2.24, 2.45) is 0 Å². The van der Waals surface area contributed by atoms with Crippen molar-refractivity contribution in [3.05, 3.63) is 47.9 Å². The SMILES string of the molecule is CCCC(CCO)Nc1nc(N)nc2c(F)cn(Cc3ccccc3)c12. The molecule has 3 rings (SSSR count). The molecule has 0 aliphatic heterocycles. The van der Waals surface area contributed by atoms with Crippen molar-refractivity contribution in [1.82, 2.24) is 14.5 Å². The highest BCUT2D eigenvalue weighted by Gasteiger charge is 2.19. The molecule has 7 heteroatoms. The Balaban J connectivity index is 2.03. The second-order valence-electron chi connectivity index (χ2n) is 6.36. The summed E-state index contributed by atoms with van der Waals surface area (Å²) in [7, 11) is 0. The van der Waals surface area contributed by atoms with E-state index in [4.69, 9.17) is 5.73 Å². The summed E-state index contributed by atoms with van der Waals surface area (Å²) in [6, 6.07) is 9.85. The van der Waals surface area contributed by atoms with Crippen LogP contribution in [-0.4, -0.2) is 32.3 Å². The van der Waals surface area contributed by atoms with Gasteiger partial charge in [-0.25, -0.2) is 9.37 Å². The van der Waals surface area contributed by atoms with Crippen molar-refractivity contribution in [3.8, 4) is 0 Å². The molecule has 4 N–H and O–H groups in total. The maximum Gasteiger partial charge on any atom is 0.222 e. The van der Waals surface area contributed by atoms with Gasteiger partial charge < -0.3 is 20.7 Å². The normalized spacial score (nSPS) is 12.4. The molecule has 0 saturated heterocycles. The van der Waals surface area contributed by atoms with Crippen molar-refractivity contribution in [2.75, 3.05) is 17.7 Å². The minimum Gasteiger partial charge on any atom is -0.396 e. The first-order valence-corrected chi connectivity index (χ1v) is 8.85. The molecule has 1 atom stereocenters. The molecule has 0 fully saturated rings. The van der Waals surface area contributed by atoms with Crippen molar-refractivity contribution < 1.29 is 9.50 Å². The highest BCUT2D eigenvalue weighted by molar-refractivity contribution is 5.88. The van der Waals surface area contributed by atoms with Gasteiger partial charge in [-0.05, 0) is 18.4 Å². The Morgan fingerprint density at radius 2 is 2.00 bits per heavy atom. The van der Waals surface area contributed by atoms with E-state index < -0.39 is 5.82 Å². The number of aromatic nitrogens is 3.